The largest absolute Gasteiger partial charge is 0.505 e. The summed E-state index contributed by atoms with van der Waals surface area (Å²) < 4.78 is 4.68. The number of nitrogen functional groups attached to an aromatic ring is 1. The smallest absolute Gasteiger partial charge is 0.328 e. The third kappa shape index (κ3) is 2.33. The van der Waals surface area contributed by atoms with Crippen molar-refractivity contribution in [2.45, 2.75) is 18.9 Å². The number of likely N-dealkylation sites (tertiary alicyclic amines) is 1. The molecule has 19 heavy (non-hydrogen) atoms. The molecule has 0 saturated carbocycles. The van der Waals surface area contributed by atoms with E-state index in [0.717, 1.165) is 6.42 Å². The van der Waals surface area contributed by atoms with Crippen LogP contribution in [0.15, 0.2) is 18.2 Å². The molecule has 0 aromatic heterocycles. The van der Waals surface area contributed by atoms with Crippen molar-refractivity contribution >= 4 is 17.6 Å². The summed E-state index contributed by atoms with van der Waals surface area (Å²) in [6.07, 6.45) is 1.30. The molecule has 1 fully saturated rings. The number of esters is 1. The van der Waals surface area contributed by atoms with Crippen LogP contribution in [0.5, 0.6) is 5.75 Å². The highest BCUT2D eigenvalue weighted by molar-refractivity contribution is 6.00. The Hall–Kier alpha value is -2.24. The Morgan fingerprint density at radius 1 is 1.47 bits per heavy atom. The van der Waals surface area contributed by atoms with Crippen LogP contribution in [-0.4, -0.2) is 41.6 Å². The molecule has 1 aliphatic rings. The number of carbonyl (C=O) groups is 2. The van der Waals surface area contributed by atoms with E-state index < -0.39 is 17.9 Å². The van der Waals surface area contributed by atoms with Gasteiger partial charge in [-0.3, -0.25) is 4.79 Å². The van der Waals surface area contributed by atoms with Gasteiger partial charge in [0, 0.05) is 6.54 Å². The highest BCUT2D eigenvalue weighted by atomic mass is 16.5. The molecule has 1 aliphatic heterocycles. The first-order chi connectivity index (χ1) is 9.06. The van der Waals surface area contributed by atoms with E-state index in [-0.39, 0.29) is 17.0 Å². The summed E-state index contributed by atoms with van der Waals surface area (Å²) in [7, 11) is 1.29. The molecule has 0 radical (unpaired) electrons. The van der Waals surface area contributed by atoms with Crippen LogP contribution in [0.3, 0.4) is 0 Å². The number of phenols is 1. The Balaban J connectivity index is 2.28. The summed E-state index contributed by atoms with van der Waals surface area (Å²) in [5, 5.41) is 9.82. The van der Waals surface area contributed by atoms with Gasteiger partial charge in [0.25, 0.3) is 5.91 Å². The van der Waals surface area contributed by atoms with Crippen molar-refractivity contribution in [3.05, 3.63) is 23.8 Å². The average molecular weight is 264 g/mol. The minimum absolute atomic E-state index is 0.107. The van der Waals surface area contributed by atoms with Crippen LogP contribution in [-0.2, 0) is 9.53 Å². The molecule has 0 bridgehead atoms. The van der Waals surface area contributed by atoms with Gasteiger partial charge >= 0.3 is 5.97 Å². The fourth-order valence-electron chi connectivity index (χ4n) is 2.28. The number of nitrogens with two attached hydrogens (primary N) is 1. The zero-order valence-electron chi connectivity index (χ0n) is 10.6. The number of methoxy groups -OCH3 is 1. The van der Waals surface area contributed by atoms with Gasteiger partial charge in [-0.15, -0.1) is 0 Å². The lowest BCUT2D eigenvalue weighted by molar-refractivity contribution is -0.145. The van der Waals surface area contributed by atoms with Crippen LogP contribution in [0.2, 0.25) is 0 Å². The van der Waals surface area contributed by atoms with Gasteiger partial charge in [-0.1, -0.05) is 6.07 Å². The first-order valence-corrected chi connectivity index (χ1v) is 6.02. The number of rotatable bonds is 2. The summed E-state index contributed by atoms with van der Waals surface area (Å²) in [6, 6.07) is 4.00. The van der Waals surface area contributed by atoms with Crippen LogP contribution >= 0.6 is 0 Å². The second-order valence-corrected chi connectivity index (χ2v) is 4.42. The topological polar surface area (TPSA) is 92.9 Å². The lowest BCUT2D eigenvalue weighted by Gasteiger charge is -2.23. The molecule has 3 N–H and O–H groups in total. The van der Waals surface area contributed by atoms with E-state index in [1.807, 2.05) is 0 Å². The van der Waals surface area contributed by atoms with Crippen LogP contribution in [0, 0.1) is 0 Å². The van der Waals surface area contributed by atoms with Crippen LogP contribution in [0.25, 0.3) is 0 Å². The highest BCUT2D eigenvalue weighted by Gasteiger charge is 2.36. The minimum Gasteiger partial charge on any atom is -0.505 e. The molecule has 0 aliphatic carbocycles. The first-order valence-electron chi connectivity index (χ1n) is 6.02. The number of hydrogen-bond acceptors (Lipinski definition) is 5. The number of anilines is 1. The number of ether oxygens (including phenoxy) is 1. The van der Waals surface area contributed by atoms with Crippen molar-refractivity contribution in [2.75, 3.05) is 19.4 Å². The van der Waals surface area contributed by atoms with Gasteiger partial charge in [0.05, 0.1) is 18.4 Å². The third-order valence-electron chi connectivity index (χ3n) is 3.28. The number of amides is 1. The van der Waals surface area contributed by atoms with Gasteiger partial charge in [-0.05, 0) is 25.0 Å². The SMILES string of the molecule is COC(=O)C1CCCN1C(=O)c1cccc(N)c1O. The fraction of sp³-hybridized carbons (Fsp3) is 0.385. The van der Waals surface area contributed by atoms with Gasteiger partial charge in [-0.2, -0.15) is 0 Å². The van der Waals surface area contributed by atoms with E-state index in [1.165, 1.54) is 24.1 Å². The van der Waals surface area contributed by atoms with Gasteiger partial charge in [0.1, 0.15) is 6.04 Å². The molecule has 1 heterocycles. The van der Waals surface area contributed by atoms with Crippen LogP contribution in [0.4, 0.5) is 5.69 Å². The van der Waals surface area contributed by atoms with Gasteiger partial charge in [0.15, 0.2) is 5.75 Å². The van der Waals surface area contributed by atoms with E-state index in [1.54, 1.807) is 6.07 Å². The number of para-hydroxylation sites is 1. The quantitative estimate of drug-likeness (QED) is 0.467. The monoisotopic (exact) mass is 264 g/mol. The Morgan fingerprint density at radius 2 is 2.21 bits per heavy atom. The summed E-state index contributed by atoms with van der Waals surface area (Å²) >= 11 is 0. The van der Waals surface area contributed by atoms with Crippen molar-refractivity contribution < 1.29 is 19.4 Å². The number of phenolic OH excluding ortho intramolecular Hbond substituents is 1. The summed E-state index contributed by atoms with van der Waals surface area (Å²) in [5.41, 5.74) is 5.81. The Morgan fingerprint density at radius 3 is 2.89 bits per heavy atom. The molecule has 2 rings (SSSR count). The number of carbonyl (C=O) groups excluding carboxylic acids is 2. The molecule has 6 nitrogen and oxygen atoms in total. The summed E-state index contributed by atoms with van der Waals surface area (Å²) in [5.74, 6) is -1.09. The molecule has 1 atom stereocenters. The lowest BCUT2D eigenvalue weighted by atomic mass is 10.1. The molecule has 1 unspecified atom stereocenters. The molecule has 1 saturated heterocycles. The summed E-state index contributed by atoms with van der Waals surface area (Å²) in [4.78, 5) is 25.4. The lowest BCUT2D eigenvalue weighted by Crippen LogP contribution is -2.41. The molecular weight excluding hydrogens is 248 g/mol. The van der Waals surface area contributed by atoms with E-state index >= 15 is 0 Å². The number of aromatic hydroxyl groups is 1. The zero-order chi connectivity index (χ0) is 14.0. The highest BCUT2D eigenvalue weighted by Crippen LogP contribution is 2.28. The molecule has 102 valence electrons. The van der Waals surface area contributed by atoms with Gasteiger partial charge in [-0.25, -0.2) is 4.79 Å². The second-order valence-electron chi connectivity index (χ2n) is 4.42. The van der Waals surface area contributed by atoms with Crippen molar-refractivity contribution in [2.24, 2.45) is 0 Å². The van der Waals surface area contributed by atoms with Crippen molar-refractivity contribution in [1.82, 2.24) is 4.90 Å². The average Bonchev–Trinajstić information content (AvgIpc) is 2.89. The van der Waals surface area contributed by atoms with Crippen LogP contribution in [0.1, 0.15) is 23.2 Å². The Labute approximate surface area is 110 Å². The molecule has 1 amide bonds. The minimum atomic E-state index is -0.585. The maximum atomic E-state index is 12.4. The first kappa shape index (κ1) is 13.2. The standard InChI is InChI=1S/C13H16N2O4/c1-19-13(18)10-6-3-7-15(10)12(17)8-4-2-5-9(14)11(8)16/h2,4-5,10,16H,3,6-7,14H2,1H3. The predicted octanol–water partition coefficient (Wildman–Crippen LogP) is 0.752. The van der Waals surface area contributed by atoms with Crippen molar-refractivity contribution in [3.63, 3.8) is 0 Å². The number of nitrogens with zero attached hydrogens (tertiary/aromatic N) is 1. The maximum Gasteiger partial charge on any atom is 0.328 e. The fourth-order valence-corrected chi connectivity index (χ4v) is 2.28. The molecule has 1 aromatic carbocycles. The maximum absolute atomic E-state index is 12.4. The predicted molar refractivity (Wildman–Crippen MR) is 68.6 cm³/mol. The van der Waals surface area contributed by atoms with E-state index in [0.29, 0.717) is 13.0 Å². The Kier molecular flexibility index (Phi) is 3.59. The van der Waals surface area contributed by atoms with Crippen molar-refractivity contribution in [3.8, 4) is 5.75 Å². The molecular formula is C13H16N2O4. The van der Waals surface area contributed by atoms with Crippen molar-refractivity contribution in [1.29, 1.82) is 0 Å². The second kappa shape index (κ2) is 5.17. The Bertz CT molecular complexity index is 515. The zero-order valence-corrected chi connectivity index (χ0v) is 10.6. The molecule has 0 spiro atoms. The molecule has 6 heteroatoms. The normalized spacial score (nSPS) is 18.4. The van der Waals surface area contributed by atoms with Gasteiger partial charge in [0.2, 0.25) is 0 Å². The van der Waals surface area contributed by atoms with Crippen LogP contribution < -0.4 is 5.73 Å². The van der Waals surface area contributed by atoms with E-state index in [2.05, 4.69) is 4.74 Å². The third-order valence-corrected chi connectivity index (χ3v) is 3.28. The summed E-state index contributed by atoms with van der Waals surface area (Å²) in [6.45, 7) is 0.465. The number of hydrogen-bond donors (Lipinski definition) is 2. The molecule has 1 aromatic rings. The van der Waals surface area contributed by atoms with E-state index in [9.17, 15) is 14.7 Å². The number of benzene rings is 1. The van der Waals surface area contributed by atoms with Gasteiger partial charge < -0.3 is 20.5 Å². The van der Waals surface area contributed by atoms with E-state index in [4.69, 9.17) is 5.73 Å².